The van der Waals surface area contributed by atoms with E-state index in [1.165, 1.54) is 18.2 Å². The minimum absolute atomic E-state index is 0.165. The summed E-state index contributed by atoms with van der Waals surface area (Å²) in [5, 5.41) is 12.5. The Bertz CT molecular complexity index is 510. The number of carbonyl (C=O) groups is 1. The van der Waals surface area contributed by atoms with Crippen LogP contribution in [0, 0.1) is 11.7 Å². The Morgan fingerprint density at radius 2 is 2.33 bits per heavy atom. The zero-order valence-electron chi connectivity index (χ0n) is 12.2. The molecule has 1 aliphatic heterocycles. The number of benzene rings is 1. The second-order valence-corrected chi connectivity index (χ2v) is 5.66. The van der Waals surface area contributed by atoms with Crippen molar-refractivity contribution in [2.75, 3.05) is 30.7 Å². The number of nitrogen functional groups attached to an aromatic ring is 1. The van der Waals surface area contributed by atoms with Gasteiger partial charge in [-0.05, 0) is 37.1 Å². The Balaban J connectivity index is 1.80. The molecule has 0 spiro atoms. The van der Waals surface area contributed by atoms with Gasteiger partial charge in [-0.25, -0.2) is 4.39 Å². The Morgan fingerprint density at radius 3 is 3.00 bits per heavy atom. The summed E-state index contributed by atoms with van der Waals surface area (Å²) >= 11 is 0. The fourth-order valence-electron chi connectivity index (χ4n) is 2.44. The van der Waals surface area contributed by atoms with Crippen molar-refractivity contribution in [2.24, 2.45) is 5.92 Å². The van der Waals surface area contributed by atoms with E-state index in [-0.39, 0.29) is 17.7 Å². The molecule has 0 aliphatic carbocycles. The molecule has 1 aromatic carbocycles. The second kappa shape index (κ2) is 6.87. The molecule has 2 unspecified atom stereocenters. The zero-order chi connectivity index (χ0) is 15.4. The van der Waals surface area contributed by atoms with Crippen molar-refractivity contribution in [3.63, 3.8) is 0 Å². The van der Waals surface area contributed by atoms with Crippen LogP contribution in [0.3, 0.4) is 0 Å². The first-order chi connectivity index (χ1) is 9.95. The number of anilines is 2. The number of hydrogen-bond donors (Lipinski definition) is 3. The lowest BCUT2D eigenvalue weighted by Crippen LogP contribution is -2.43. The lowest BCUT2D eigenvalue weighted by molar-refractivity contribution is -0.116. The molecule has 1 aliphatic rings. The SMILES string of the molecule is CC1CCN(CCC(=O)Nc2ccc(F)cc2N)CC1O. The second-order valence-electron chi connectivity index (χ2n) is 5.66. The van der Waals surface area contributed by atoms with Crippen LogP contribution in [0.1, 0.15) is 19.8 Å². The van der Waals surface area contributed by atoms with Gasteiger partial charge in [0.15, 0.2) is 0 Å². The van der Waals surface area contributed by atoms with Crippen LogP contribution in [-0.2, 0) is 4.79 Å². The van der Waals surface area contributed by atoms with Gasteiger partial charge in [0.05, 0.1) is 17.5 Å². The molecule has 2 atom stereocenters. The predicted molar refractivity (Wildman–Crippen MR) is 80.3 cm³/mol. The summed E-state index contributed by atoms with van der Waals surface area (Å²) in [6.45, 7) is 4.13. The molecule has 0 bridgehead atoms. The van der Waals surface area contributed by atoms with Crippen molar-refractivity contribution >= 4 is 17.3 Å². The van der Waals surface area contributed by atoms with Gasteiger partial charge >= 0.3 is 0 Å². The first-order valence-electron chi connectivity index (χ1n) is 7.21. The van der Waals surface area contributed by atoms with Crippen LogP contribution in [-0.4, -0.2) is 41.7 Å². The van der Waals surface area contributed by atoms with Gasteiger partial charge in [-0.2, -0.15) is 0 Å². The molecule has 21 heavy (non-hydrogen) atoms. The number of carbonyl (C=O) groups excluding carboxylic acids is 1. The number of piperidine rings is 1. The molecule has 0 aromatic heterocycles. The van der Waals surface area contributed by atoms with Gasteiger partial charge in [0, 0.05) is 19.5 Å². The van der Waals surface area contributed by atoms with Gasteiger partial charge in [-0.3, -0.25) is 4.79 Å². The first-order valence-corrected chi connectivity index (χ1v) is 7.21. The highest BCUT2D eigenvalue weighted by Gasteiger charge is 2.24. The number of aliphatic hydroxyl groups excluding tert-OH is 1. The number of amides is 1. The smallest absolute Gasteiger partial charge is 0.225 e. The van der Waals surface area contributed by atoms with Crippen molar-refractivity contribution in [3.8, 4) is 0 Å². The van der Waals surface area contributed by atoms with Crippen LogP contribution in [0.2, 0.25) is 0 Å². The molecule has 0 radical (unpaired) electrons. The maximum atomic E-state index is 12.9. The van der Waals surface area contributed by atoms with Crippen LogP contribution in [0.5, 0.6) is 0 Å². The van der Waals surface area contributed by atoms with Crippen LogP contribution >= 0.6 is 0 Å². The Morgan fingerprint density at radius 1 is 1.57 bits per heavy atom. The van der Waals surface area contributed by atoms with Crippen LogP contribution < -0.4 is 11.1 Å². The minimum Gasteiger partial charge on any atom is -0.397 e. The maximum Gasteiger partial charge on any atom is 0.225 e. The summed E-state index contributed by atoms with van der Waals surface area (Å²) in [7, 11) is 0. The Labute approximate surface area is 123 Å². The molecule has 5 nitrogen and oxygen atoms in total. The summed E-state index contributed by atoms with van der Waals surface area (Å²) < 4.78 is 12.9. The van der Waals surface area contributed by atoms with E-state index in [0.29, 0.717) is 31.1 Å². The number of aliphatic hydroxyl groups is 1. The monoisotopic (exact) mass is 295 g/mol. The lowest BCUT2D eigenvalue weighted by atomic mass is 9.96. The highest BCUT2D eigenvalue weighted by atomic mass is 19.1. The number of hydrogen-bond acceptors (Lipinski definition) is 4. The van der Waals surface area contributed by atoms with E-state index in [2.05, 4.69) is 10.2 Å². The van der Waals surface area contributed by atoms with Crippen molar-refractivity contribution in [1.29, 1.82) is 0 Å². The largest absolute Gasteiger partial charge is 0.397 e. The molecular formula is C15H22FN3O2. The molecule has 1 fully saturated rings. The van der Waals surface area contributed by atoms with E-state index in [4.69, 9.17) is 5.73 Å². The number of nitrogens with zero attached hydrogens (tertiary/aromatic N) is 1. The number of halogens is 1. The lowest BCUT2D eigenvalue weighted by Gasteiger charge is -2.34. The predicted octanol–water partition coefficient (Wildman–Crippen LogP) is 1.44. The molecule has 6 heteroatoms. The van der Waals surface area contributed by atoms with Crippen molar-refractivity contribution < 1.29 is 14.3 Å². The van der Waals surface area contributed by atoms with Gasteiger partial charge in [0.1, 0.15) is 5.82 Å². The first kappa shape index (κ1) is 15.7. The van der Waals surface area contributed by atoms with Crippen LogP contribution in [0.15, 0.2) is 18.2 Å². The zero-order valence-corrected chi connectivity index (χ0v) is 12.2. The van der Waals surface area contributed by atoms with Gasteiger partial charge in [-0.15, -0.1) is 0 Å². The van der Waals surface area contributed by atoms with Gasteiger partial charge in [0.25, 0.3) is 0 Å². The normalized spacial score (nSPS) is 23.0. The van der Waals surface area contributed by atoms with Crippen LogP contribution in [0.4, 0.5) is 15.8 Å². The molecule has 2 rings (SSSR count). The Hall–Kier alpha value is -1.66. The summed E-state index contributed by atoms with van der Waals surface area (Å²) in [5.41, 5.74) is 6.28. The number of nitrogens with two attached hydrogens (primary N) is 1. The Kier molecular flexibility index (Phi) is 5.14. The minimum atomic E-state index is -0.429. The van der Waals surface area contributed by atoms with Crippen molar-refractivity contribution in [3.05, 3.63) is 24.0 Å². The third-order valence-electron chi connectivity index (χ3n) is 3.95. The van der Waals surface area contributed by atoms with E-state index in [1.54, 1.807) is 0 Å². The van der Waals surface area contributed by atoms with Crippen LogP contribution in [0.25, 0.3) is 0 Å². The molecular weight excluding hydrogens is 273 g/mol. The maximum absolute atomic E-state index is 12.9. The van der Waals surface area contributed by atoms with Crippen molar-refractivity contribution in [1.82, 2.24) is 4.90 Å². The molecule has 1 amide bonds. The number of rotatable bonds is 4. The third kappa shape index (κ3) is 4.41. The topological polar surface area (TPSA) is 78.6 Å². The average molecular weight is 295 g/mol. The molecule has 1 saturated heterocycles. The highest BCUT2D eigenvalue weighted by Crippen LogP contribution is 2.20. The fraction of sp³-hybridized carbons (Fsp3) is 0.533. The number of nitrogens with one attached hydrogen (secondary N) is 1. The third-order valence-corrected chi connectivity index (χ3v) is 3.95. The quantitative estimate of drug-likeness (QED) is 0.734. The van der Waals surface area contributed by atoms with E-state index in [1.807, 2.05) is 6.92 Å². The summed E-state index contributed by atoms with van der Waals surface area (Å²) in [4.78, 5) is 14.0. The molecule has 4 N–H and O–H groups in total. The van der Waals surface area contributed by atoms with Gasteiger partial charge < -0.3 is 21.1 Å². The van der Waals surface area contributed by atoms with Gasteiger partial charge in [0.2, 0.25) is 5.91 Å². The summed E-state index contributed by atoms with van der Waals surface area (Å²) in [5.74, 6) is -0.280. The number of β-amino-alcohol motifs (C(OH)–C–C–N with tert-alkyl or cyclic N) is 1. The molecule has 116 valence electrons. The summed E-state index contributed by atoms with van der Waals surface area (Å²) in [6, 6.07) is 3.89. The van der Waals surface area contributed by atoms with Gasteiger partial charge in [-0.1, -0.05) is 6.92 Å². The summed E-state index contributed by atoms with van der Waals surface area (Å²) in [6.07, 6.45) is 0.931. The standard InChI is InChI=1S/C15H22FN3O2/c1-10-4-6-19(9-14(10)20)7-5-15(21)18-13-3-2-11(16)8-12(13)17/h2-3,8,10,14,20H,4-7,9,17H2,1H3,(H,18,21). The van der Waals surface area contributed by atoms with E-state index in [9.17, 15) is 14.3 Å². The van der Waals surface area contributed by atoms with Crippen molar-refractivity contribution in [2.45, 2.75) is 25.9 Å². The van der Waals surface area contributed by atoms with E-state index < -0.39 is 5.82 Å². The number of likely N-dealkylation sites (tertiary alicyclic amines) is 1. The highest BCUT2D eigenvalue weighted by molar-refractivity contribution is 5.93. The van der Waals surface area contributed by atoms with E-state index in [0.717, 1.165) is 13.0 Å². The average Bonchev–Trinajstić information content (AvgIpc) is 2.43. The fourth-order valence-corrected chi connectivity index (χ4v) is 2.44. The molecule has 0 saturated carbocycles. The molecule has 1 aromatic rings. The van der Waals surface area contributed by atoms with E-state index >= 15 is 0 Å². The molecule has 1 heterocycles.